The molecule has 0 amide bonds. The van der Waals surface area contributed by atoms with Crippen molar-refractivity contribution in [3.05, 3.63) is 48.5 Å². The summed E-state index contributed by atoms with van der Waals surface area (Å²) in [6.45, 7) is 0. The van der Waals surface area contributed by atoms with Crippen LogP contribution in [0, 0.1) is 0 Å². The zero-order valence-electron chi connectivity index (χ0n) is 11.9. The summed E-state index contributed by atoms with van der Waals surface area (Å²) in [6.07, 6.45) is 0. The van der Waals surface area contributed by atoms with Crippen LogP contribution in [0.5, 0.6) is 5.75 Å². The molecule has 0 saturated heterocycles. The number of pyridine rings is 1. The van der Waals surface area contributed by atoms with Crippen LogP contribution in [0.2, 0.25) is 0 Å². The maximum Gasteiger partial charge on any atom is 0.238 e. The third kappa shape index (κ3) is 1.93. The summed E-state index contributed by atoms with van der Waals surface area (Å²) in [4.78, 5) is 3.49. The first-order valence-corrected chi connectivity index (χ1v) is 6.65. The van der Waals surface area contributed by atoms with Gasteiger partial charge >= 0.3 is 0 Å². The van der Waals surface area contributed by atoms with Crippen LogP contribution >= 0.6 is 0 Å². The lowest BCUT2D eigenvalue weighted by Crippen LogP contribution is -3.00. The molecule has 0 unspecified atom stereocenters. The summed E-state index contributed by atoms with van der Waals surface area (Å²) in [5, 5.41) is 2.42. The van der Waals surface area contributed by atoms with Crippen molar-refractivity contribution in [1.82, 2.24) is 4.98 Å². The van der Waals surface area contributed by atoms with Crippen molar-refractivity contribution >= 4 is 32.8 Å². The topological polar surface area (TPSA) is 28.9 Å². The molecule has 1 N–H and O–H groups in total. The Morgan fingerprint density at radius 3 is 2.62 bits per heavy atom. The fraction of sp³-hybridized carbons (Fsp3) is 0.118. The minimum atomic E-state index is 0. The standard InChI is InChI=1S/C17H14N2O.ClH/c1-19-16-8-7-12(20-2)9-11(16)10-15-17(19)13-5-3-4-6-14(13)18-15;/h3-10H,1-2H3;1H. The number of aromatic nitrogens is 2. The van der Waals surface area contributed by atoms with E-state index in [1.807, 2.05) is 6.07 Å². The van der Waals surface area contributed by atoms with Crippen molar-refractivity contribution in [2.75, 3.05) is 7.11 Å². The first-order valence-electron chi connectivity index (χ1n) is 6.65. The maximum atomic E-state index is 5.31. The summed E-state index contributed by atoms with van der Waals surface area (Å²) >= 11 is 0. The van der Waals surface area contributed by atoms with Crippen molar-refractivity contribution in [1.29, 1.82) is 0 Å². The Kier molecular flexibility index (Phi) is 3.22. The van der Waals surface area contributed by atoms with Gasteiger partial charge in [0.15, 0.2) is 0 Å². The predicted molar refractivity (Wildman–Crippen MR) is 81.0 cm³/mol. The van der Waals surface area contributed by atoms with Gasteiger partial charge in [-0.15, -0.1) is 0 Å². The number of hydrogen-bond donors (Lipinski definition) is 1. The summed E-state index contributed by atoms with van der Waals surface area (Å²) in [7, 11) is 3.81. The van der Waals surface area contributed by atoms with E-state index in [0.29, 0.717) is 0 Å². The van der Waals surface area contributed by atoms with E-state index in [1.54, 1.807) is 7.11 Å². The van der Waals surface area contributed by atoms with E-state index in [0.717, 1.165) is 11.3 Å². The van der Waals surface area contributed by atoms with Gasteiger partial charge in [0.25, 0.3) is 0 Å². The average Bonchev–Trinajstić information content (AvgIpc) is 2.85. The van der Waals surface area contributed by atoms with Crippen LogP contribution in [0.1, 0.15) is 0 Å². The molecule has 0 fully saturated rings. The average molecular weight is 299 g/mol. The molecule has 0 aliphatic carbocycles. The predicted octanol–water partition coefficient (Wildman–Crippen LogP) is 0.311. The molecular formula is C17H15ClN2O. The Hall–Kier alpha value is -2.26. The van der Waals surface area contributed by atoms with E-state index >= 15 is 0 Å². The fourth-order valence-corrected chi connectivity index (χ4v) is 2.97. The number of para-hydroxylation sites is 1. The number of benzene rings is 2. The van der Waals surface area contributed by atoms with Crippen molar-refractivity contribution in [2.24, 2.45) is 7.05 Å². The highest BCUT2D eigenvalue weighted by Gasteiger charge is 2.17. The zero-order valence-corrected chi connectivity index (χ0v) is 12.6. The van der Waals surface area contributed by atoms with Crippen molar-refractivity contribution in [3.63, 3.8) is 0 Å². The molecule has 0 spiro atoms. The van der Waals surface area contributed by atoms with Crippen molar-refractivity contribution in [2.45, 2.75) is 0 Å². The molecule has 0 radical (unpaired) electrons. The Morgan fingerprint density at radius 1 is 1.00 bits per heavy atom. The molecule has 4 aromatic rings. The number of halogens is 1. The minimum Gasteiger partial charge on any atom is -1.00 e. The number of rotatable bonds is 1. The monoisotopic (exact) mass is 298 g/mol. The number of aromatic amines is 1. The molecule has 2 heterocycles. The molecular weight excluding hydrogens is 284 g/mol. The van der Waals surface area contributed by atoms with Crippen LogP contribution in [0.4, 0.5) is 0 Å². The third-order valence-corrected chi connectivity index (χ3v) is 3.94. The lowest BCUT2D eigenvalue weighted by atomic mass is 10.1. The maximum absolute atomic E-state index is 5.31. The van der Waals surface area contributed by atoms with Gasteiger partial charge in [0.2, 0.25) is 11.0 Å². The number of H-pyrrole nitrogens is 1. The van der Waals surface area contributed by atoms with Crippen LogP contribution in [0.25, 0.3) is 32.8 Å². The quantitative estimate of drug-likeness (QED) is 0.504. The lowest BCUT2D eigenvalue weighted by Gasteiger charge is -2.02. The number of aryl methyl sites for hydroxylation is 1. The van der Waals surface area contributed by atoms with Gasteiger partial charge in [-0.25, -0.2) is 0 Å². The molecule has 2 aromatic carbocycles. The highest BCUT2D eigenvalue weighted by atomic mass is 35.5. The largest absolute Gasteiger partial charge is 1.00 e. The molecule has 0 atom stereocenters. The summed E-state index contributed by atoms with van der Waals surface area (Å²) in [6, 6.07) is 16.8. The molecule has 0 saturated carbocycles. The van der Waals surface area contributed by atoms with E-state index in [-0.39, 0.29) is 12.4 Å². The number of ether oxygens (including phenoxy) is 1. The van der Waals surface area contributed by atoms with Gasteiger partial charge in [-0.05, 0) is 30.3 Å². The number of nitrogens with one attached hydrogen (secondary N) is 1. The second kappa shape index (κ2) is 4.93. The van der Waals surface area contributed by atoms with Crippen molar-refractivity contribution < 1.29 is 21.7 Å². The normalized spacial score (nSPS) is 11.0. The molecule has 106 valence electrons. The first kappa shape index (κ1) is 13.7. The van der Waals surface area contributed by atoms with Crippen LogP contribution in [0.15, 0.2) is 48.5 Å². The molecule has 2 aromatic heterocycles. The molecule has 0 bridgehead atoms. The molecule has 21 heavy (non-hydrogen) atoms. The lowest BCUT2D eigenvalue weighted by molar-refractivity contribution is -0.616. The smallest absolute Gasteiger partial charge is 0.238 e. The van der Waals surface area contributed by atoms with Crippen LogP contribution < -0.4 is 21.7 Å². The second-order valence-electron chi connectivity index (χ2n) is 5.06. The Labute approximate surface area is 128 Å². The molecule has 4 heteroatoms. The second-order valence-corrected chi connectivity index (χ2v) is 5.06. The highest BCUT2D eigenvalue weighted by molar-refractivity contribution is 6.05. The molecule has 4 rings (SSSR count). The molecule has 0 aliphatic rings. The van der Waals surface area contributed by atoms with E-state index < -0.39 is 0 Å². The zero-order chi connectivity index (χ0) is 13.7. The Balaban J connectivity index is 0.00000132. The van der Waals surface area contributed by atoms with Gasteiger partial charge in [-0.3, -0.25) is 0 Å². The molecule has 0 aliphatic heterocycles. The van der Waals surface area contributed by atoms with E-state index in [2.05, 4.69) is 59.1 Å². The summed E-state index contributed by atoms with van der Waals surface area (Å²) in [5.74, 6) is 0.882. The molecule has 3 nitrogen and oxygen atoms in total. The SMILES string of the molecule is COc1ccc2c(c1)cc1[nH]c3ccccc3c1[n+]2C.[Cl-]. The summed E-state index contributed by atoms with van der Waals surface area (Å²) < 4.78 is 7.55. The minimum absolute atomic E-state index is 0. The van der Waals surface area contributed by atoms with E-state index in [9.17, 15) is 0 Å². The van der Waals surface area contributed by atoms with Gasteiger partial charge in [-0.2, -0.15) is 4.57 Å². The number of hydrogen-bond acceptors (Lipinski definition) is 1. The van der Waals surface area contributed by atoms with Crippen molar-refractivity contribution in [3.8, 4) is 5.75 Å². The number of methoxy groups -OCH3 is 1. The number of nitrogens with zero attached hydrogens (tertiary/aromatic N) is 1. The van der Waals surface area contributed by atoms with Crippen LogP contribution in [0.3, 0.4) is 0 Å². The Bertz CT molecular complexity index is 959. The van der Waals surface area contributed by atoms with Gasteiger partial charge in [0, 0.05) is 6.07 Å². The van der Waals surface area contributed by atoms with Crippen LogP contribution in [-0.2, 0) is 7.05 Å². The Morgan fingerprint density at radius 2 is 1.81 bits per heavy atom. The highest BCUT2D eigenvalue weighted by Crippen LogP contribution is 2.26. The summed E-state index contributed by atoms with van der Waals surface area (Å²) in [5.41, 5.74) is 4.75. The third-order valence-electron chi connectivity index (χ3n) is 3.94. The van der Waals surface area contributed by atoms with Gasteiger partial charge < -0.3 is 22.1 Å². The van der Waals surface area contributed by atoms with E-state index in [1.165, 1.54) is 27.3 Å². The van der Waals surface area contributed by atoms with Gasteiger partial charge in [0.05, 0.1) is 23.4 Å². The fourth-order valence-electron chi connectivity index (χ4n) is 2.97. The van der Waals surface area contributed by atoms with E-state index in [4.69, 9.17) is 4.74 Å². The van der Waals surface area contributed by atoms with Gasteiger partial charge in [0.1, 0.15) is 18.3 Å². The van der Waals surface area contributed by atoms with Gasteiger partial charge in [-0.1, -0.05) is 12.1 Å². The van der Waals surface area contributed by atoms with Crippen LogP contribution in [-0.4, -0.2) is 12.1 Å². The number of fused-ring (bicyclic) bond motifs is 4. The first-order chi connectivity index (χ1) is 9.78.